The third kappa shape index (κ3) is 3.94. The minimum atomic E-state index is -0.220. The first kappa shape index (κ1) is 15.3. The van der Waals surface area contributed by atoms with Crippen molar-refractivity contribution < 1.29 is 9.53 Å². The number of esters is 1. The smallest absolute Gasteiger partial charge is 0.312 e. The average molecular weight is 282 g/mol. The SMILES string of the molecule is COC(=O)[C@H](C)c1cccc(C[C@H](C)c2ccccc2)c1. The van der Waals surface area contributed by atoms with Gasteiger partial charge < -0.3 is 4.74 Å². The molecule has 0 fully saturated rings. The molecule has 0 aliphatic carbocycles. The van der Waals surface area contributed by atoms with Crippen LogP contribution in [0.1, 0.15) is 42.4 Å². The normalized spacial score (nSPS) is 13.5. The molecule has 0 amide bonds. The summed E-state index contributed by atoms with van der Waals surface area (Å²) in [4.78, 5) is 11.6. The molecule has 0 spiro atoms. The van der Waals surface area contributed by atoms with Crippen LogP contribution in [-0.4, -0.2) is 13.1 Å². The zero-order chi connectivity index (χ0) is 15.2. The lowest BCUT2D eigenvalue weighted by Gasteiger charge is -2.14. The number of ether oxygens (including phenoxy) is 1. The molecule has 0 saturated carbocycles. The molecule has 0 N–H and O–H groups in total. The van der Waals surface area contributed by atoms with Crippen LogP contribution in [0.25, 0.3) is 0 Å². The van der Waals surface area contributed by atoms with E-state index < -0.39 is 0 Å². The lowest BCUT2D eigenvalue weighted by atomic mass is 9.91. The number of carbonyl (C=O) groups excluding carboxylic acids is 1. The van der Waals surface area contributed by atoms with E-state index >= 15 is 0 Å². The zero-order valence-electron chi connectivity index (χ0n) is 12.9. The highest BCUT2D eigenvalue weighted by Crippen LogP contribution is 2.23. The maximum absolute atomic E-state index is 11.6. The second-order valence-electron chi connectivity index (χ2n) is 5.51. The molecule has 0 radical (unpaired) electrons. The lowest BCUT2D eigenvalue weighted by molar-refractivity contribution is -0.141. The fraction of sp³-hybridized carbons (Fsp3) is 0.316. The summed E-state index contributed by atoms with van der Waals surface area (Å²) in [5, 5.41) is 0. The van der Waals surface area contributed by atoms with Crippen LogP contribution in [-0.2, 0) is 16.0 Å². The number of methoxy groups -OCH3 is 1. The molecule has 2 nitrogen and oxygen atoms in total. The molecule has 21 heavy (non-hydrogen) atoms. The number of carbonyl (C=O) groups is 1. The van der Waals surface area contributed by atoms with E-state index in [0.29, 0.717) is 5.92 Å². The molecule has 0 aliphatic rings. The van der Waals surface area contributed by atoms with Gasteiger partial charge in [0.2, 0.25) is 0 Å². The van der Waals surface area contributed by atoms with Crippen molar-refractivity contribution in [2.45, 2.75) is 32.1 Å². The minimum absolute atomic E-state index is 0.191. The standard InChI is InChI=1S/C19H22O2/c1-14(17-9-5-4-6-10-17)12-16-8-7-11-18(13-16)15(2)19(20)21-3/h4-11,13-15H,12H2,1-3H3/t14-,15+/m0/s1. The first-order valence-corrected chi connectivity index (χ1v) is 7.33. The van der Waals surface area contributed by atoms with Crippen molar-refractivity contribution in [3.63, 3.8) is 0 Å². The van der Waals surface area contributed by atoms with Crippen molar-refractivity contribution in [2.24, 2.45) is 0 Å². The predicted molar refractivity (Wildman–Crippen MR) is 85.4 cm³/mol. The summed E-state index contributed by atoms with van der Waals surface area (Å²) >= 11 is 0. The van der Waals surface area contributed by atoms with Crippen LogP contribution in [0.2, 0.25) is 0 Å². The third-order valence-corrected chi connectivity index (χ3v) is 3.92. The zero-order valence-corrected chi connectivity index (χ0v) is 12.9. The fourth-order valence-electron chi connectivity index (χ4n) is 2.56. The molecule has 0 unspecified atom stereocenters. The van der Waals surface area contributed by atoms with Gasteiger partial charge >= 0.3 is 5.97 Å². The van der Waals surface area contributed by atoms with Crippen molar-refractivity contribution in [1.29, 1.82) is 0 Å². The Morgan fingerprint density at radius 1 is 1.00 bits per heavy atom. The Balaban J connectivity index is 2.13. The summed E-state index contributed by atoms with van der Waals surface area (Å²) in [5.41, 5.74) is 3.60. The summed E-state index contributed by atoms with van der Waals surface area (Å²) in [6.45, 7) is 4.11. The second kappa shape index (κ2) is 7.07. The lowest BCUT2D eigenvalue weighted by Crippen LogP contribution is -2.11. The predicted octanol–water partition coefficient (Wildman–Crippen LogP) is 4.31. The first-order valence-electron chi connectivity index (χ1n) is 7.33. The van der Waals surface area contributed by atoms with Gasteiger partial charge in [0, 0.05) is 0 Å². The van der Waals surface area contributed by atoms with Crippen LogP contribution >= 0.6 is 0 Å². The molecule has 2 rings (SSSR count). The Hall–Kier alpha value is -2.09. The first-order chi connectivity index (χ1) is 10.1. The largest absolute Gasteiger partial charge is 0.469 e. The molecule has 110 valence electrons. The summed E-state index contributed by atoms with van der Waals surface area (Å²) in [5.74, 6) is 0.0418. The van der Waals surface area contributed by atoms with Gasteiger partial charge in [0.15, 0.2) is 0 Å². The highest BCUT2D eigenvalue weighted by Gasteiger charge is 2.16. The number of rotatable bonds is 5. The molecular formula is C19H22O2. The topological polar surface area (TPSA) is 26.3 Å². The molecule has 2 aromatic rings. The Bertz CT molecular complexity index is 590. The van der Waals surface area contributed by atoms with Gasteiger partial charge in [-0.2, -0.15) is 0 Å². The van der Waals surface area contributed by atoms with Gasteiger partial charge in [0.05, 0.1) is 13.0 Å². The molecule has 2 atom stereocenters. The number of hydrogen-bond acceptors (Lipinski definition) is 2. The monoisotopic (exact) mass is 282 g/mol. The second-order valence-corrected chi connectivity index (χ2v) is 5.51. The summed E-state index contributed by atoms with van der Waals surface area (Å²) < 4.78 is 4.82. The van der Waals surface area contributed by atoms with E-state index in [9.17, 15) is 4.79 Å². The van der Waals surface area contributed by atoms with E-state index in [4.69, 9.17) is 4.74 Å². The third-order valence-electron chi connectivity index (χ3n) is 3.92. The number of benzene rings is 2. The Morgan fingerprint density at radius 3 is 2.33 bits per heavy atom. The molecule has 0 aliphatic heterocycles. The van der Waals surface area contributed by atoms with Crippen LogP contribution in [0.4, 0.5) is 0 Å². The maximum Gasteiger partial charge on any atom is 0.312 e. The van der Waals surface area contributed by atoms with Crippen LogP contribution < -0.4 is 0 Å². The molecule has 2 heteroatoms. The molecule has 0 saturated heterocycles. The Kier molecular flexibility index (Phi) is 5.15. The van der Waals surface area contributed by atoms with Gasteiger partial charge in [-0.1, -0.05) is 61.5 Å². The van der Waals surface area contributed by atoms with Crippen molar-refractivity contribution in [2.75, 3.05) is 7.11 Å². The van der Waals surface area contributed by atoms with E-state index in [1.165, 1.54) is 18.2 Å². The van der Waals surface area contributed by atoms with E-state index in [0.717, 1.165) is 12.0 Å². The van der Waals surface area contributed by atoms with Crippen molar-refractivity contribution in [3.05, 3.63) is 71.3 Å². The van der Waals surface area contributed by atoms with E-state index in [2.05, 4.69) is 43.3 Å². The van der Waals surface area contributed by atoms with Crippen LogP contribution in [0.3, 0.4) is 0 Å². The van der Waals surface area contributed by atoms with Crippen LogP contribution in [0, 0.1) is 0 Å². The molecule has 0 bridgehead atoms. The highest BCUT2D eigenvalue weighted by molar-refractivity contribution is 5.77. The molecule has 2 aromatic carbocycles. The summed E-state index contributed by atoms with van der Waals surface area (Å²) in [6.07, 6.45) is 0.964. The molecule has 0 heterocycles. The Labute approximate surface area is 126 Å². The van der Waals surface area contributed by atoms with Crippen molar-refractivity contribution in [3.8, 4) is 0 Å². The van der Waals surface area contributed by atoms with Crippen LogP contribution in [0.15, 0.2) is 54.6 Å². The van der Waals surface area contributed by atoms with Gasteiger partial charge in [0.1, 0.15) is 0 Å². The van der Waals surface area contributed by atoms with Gasteiger partial charge in [-0.3, -0.25) is 4.79 Å². The summed E-state index contributed by atoms with van der Waals surface area (Å²) in [7, 11) is 1.43. The van der Waals surface area contributed by atoms with E-state index in [-0.39, 0.29) is 11.9 Å². The van der Waals surface area contributed by atoms with Crippen molar-refractivity contribution in [1.82, 2.24) is 0 Å². The fourth-order valence-corrected chi connectivity index (χ4v) is 2.56. The van der Waals surface area contributed by atoms with E-state index in [1.54, 1.807) is 0 Å². The van der Waals surface area contributed by atoms with Gasteiger partial charge in [-0.15, -0.1) is 0 Å². The van der Waals surface area contributed by atoms with Gasteiger partial charge in [0.25, 0.3) is 0 Å². The summed E-state index contributed by atoms with van der Waals surface area (Å²) in [6, 6.07) is 18.7. The van der Waals surface area contributed by atoms with Gasteiger partial charge in [-0.05, 0) is 36.0 Å². The van der Waals surface area contributed by atoms with Gasteiger partial charge in [-0.25, -0.2) is 0 Å². The molecule has 0 aromatic heterocycles. The Morgan fingerprint density at radius 2 is 1.67 bits per heavy atom. The minimum Gasteiger partial charge on any atom is -0.469 e. The number of hydrogen-bond donors (Lipinski definition) is 0. The quantitative estimate of drug-likeness (QED) is 0.764. The van der Waals surface area contributed by atoms with Crippen molar-refractivity contribution >= 4 is 5.97 Å². The van der Waals surface area contributed by atoms with Crippen LogP contribution in [0.5, 0.6) is 0 Å². The average Bonchev–Trinajstić information content (AvgIpc) is 2.54. The highest BCUT2D eigenvalue weighted by atomic mass is 16.5. The van der Waals surface area contributed by atoms with E-state index in [1.807, 2.05) is 25.1 Å². The molecular weight excluding hydrogens is 260 g/mol. The maximum atomic E-state index is 11.6.